The fourth-order valence-electron chi connectivity index (χ4n) is 3.52. The van der Waals surface area contributed by atoms with E-state index in [0.29, 0.717) is 29.2 Å². The van der Waals surface area contributed by atoms with Gasteiger partial charge in [-0.2, -0.15) is 0 Å². The maximum Gasteiger partial charge on any atom is 0.244 e. The van der Waals surface area contributed by atoms with Crippen LogP contribution in [0.25, 0.3) is 0 Å². The van der Waals surface area contributed by atoms with E-state index in [1.54, 1.807) is 43.3 Å². The number of nitrogens with one attached hydrogen (secondary N) is 1. The first kappa shape index (κ1) is 26.7. The minimum Gasteiger partial charge on any atom is -0.355 e. The summed E-state index contributed by atoms with van der Waals surface area (Å²) in [7, 11) is -3.76. The van der Waals surface area contributed by atoms with Crippen molar-refractivity contribution >= 4 is 39.1 Å². The molecule has 2 aromatic rings. The molecule has 0 saturated carbocycles. The Labute approximate surface area is 201 Å². The Morgan fingerprint density at radius 1 is 1.06 bits per heavy atom. The maximum absolute atomic E-state index is 13.5. The Kier molecular flexibility index (Phi) is 9.31. The largest absolute Gasteiger partial charge is 0.355 e. The number of anilines is 1. The number of hydrogen-bond donors (Lipinski definition) is 1. The third-order valence-corrected chi connectivity index (χ3v) is 7.00. The summed E-state index contributed by atoms with van der Waals surface area (Å²) in [5.41, 5.74) is 3.00. The highest BCUT2D eigenvalue weighted by Gasteiger charge is 2.31. The molecular weight excluding hydrogens is 462 g/mol. The number of hydrogen-bond acceptors (Lipinski definition) is 4. The van der Waals surface area contributed by atoms with Gasteiger partial charge in [-0.3, -0.25) is 13.9 Å². The summed E-state index contributed by atoms with van der Waals surface area (Å²) >= 11 is 6.32. The average Bonchev–Trinajstić information content (AvgIpc) is 2.74. The first-order valence-corrected chi connectivity index (χ1v) is 13.1. The molecule has 0 heterocycles. The van der Waals surface area contributed by atoms with Crippen molar-refractivity contribution in [3.05, 3.63) is 64.2 Å². The van der Waals surface area contributed by atoms with Crippen LogP contribution in [0, 0.1) is 13.8 Å². The van der Waals surface area contributed by atoms with Crippen LogP contribution in [0.1, 0.15) is 37.0 Å². The fourth-order valence-corrected chi connectivity index (χ4v) is 4.55. The SMILES string of the molecule is CCNC(=O)[C@H](CC)N(Cc1ccccc1Cl)C(=O)CN(c1ccc(C)c(C)c1)S(C)(=O)=O. The van der Waals surface area contributed by atoms with E-state index in [9.17, 15) is 18.0 Å². The van der Waals surface area contributed by atoms with Crippen molar-refractivity contribution in [1.29, 1.82) is 0 Å². The van der Waals surface area contributed by atoms with Crippen LogP contribution in [-0.2, 0) is 26.2 Å². The standard InChI is InChI=1S/C24H32ClN3O4S/c1-6-22(24(30)26-7-2)27(15-19-10-8-9-11-21(19)25)23(29)16-28(33(5,31)32)20-13-12-17(3)18(4)14-20/h8-14,22H,6-7,15-16H2,1-5H3,(H,26,30)/t22-/m0/s1. The van der Waals surface area contributed by atoms with E-state index in [-0.39, 0.29) is 12.5 Å². The zero-order chi connectivity index (χ0) is 24.8. The number of halogens is 1. The third kappa shape index (κ3) is 6.95. The molecule has 0 aromatic heterocycles. The van der Waals surface area contributed by atoms with Crippen molar-refractivity contribution in [1.82, 2.24) is 10.2 Å². The van der Waals surface area contributed by atoms with Gasteiger partial charge in [0.2, 0.25) is 21.8 Å². The lowest BCUT2D eigenvalue weighted by Gasteiger charge is -2.33. The number of carbonyl (C=O) groups excluding carboxylic acids is 2. The molecule has 0 saturated heterocycles. The van der Waals surface area contributed by atoms with Crippen LogP contribution in [0.2, 0.25) is 5.02 Å². The first-order chi connectivity index (χ1) is 15.5. The number of benzene rings is 2. The number of carbonyl (C=O) groups is 2. The summed E-state index contributed by atoms with van der Waals surface area (Å²) in [4.78, 5) is 27.7. The van der Waals surface area contributed by atoms with Gasteiger partial charge in [-0.05, 0) is 62.1 Å². The van der Waals surface area contributed by atoms with Crippen LogP contribution in [0.3, 0.4) is 0 Å². The summed E-state index contributed by atoms with van der Waals surface area (Å²) in [6, 6.07) is 11.5. The van der Waals surface area contributed by atoms with Crippen molar-refractivity contribution in [2.45, 2.75) is 46.7 Å². The van der Waals surface area contributed by atoms with Crippen molar-refractivity contribution < 1.29 is 18.0 Å². The number of aryl methyl sites for hydroxylation is 2. The van der Waals surface area contributed by atoms with Crippen molar-refractivity contribution in [3.63, 3.8) is 0 Å². The number of amides is 2. The molecule has 0 radical (unpaired) electrons. The third-order valence-electron chi connectivity index (χ3n) is 5.49. The molecule has 0 spiro atoms. The molecule has 1 N–H and O–H groups in total. The van der Waals surface area contributed by atoms with E-state index in [1.165, 1.54) is 4.90 Å². The highest BCUT2D eigenvalue weighted by atomic mass is 35.5. The van der Waals surface area contributed by atoms with Gasteiger partial charge in [-0.25, -0.2) is 8.42 Å². The molecule has 0 aliphatic carbocycles. The lowest BCUT2D eigenvalue weighted by Crippen LogP contribution is -2.52. The van der Waals surface area contributed by atoms with Crippen molar-refractivity contribution in [2.24, 2.45) is 0 Å². The van der Waals surface area contributed by atoms with Gasteiger partial charge >= 0.3 is 0 Å². The lowest BCUT2D eigenvalue weighted by atomic mass is 10.1. The summed E-state index contributed by atoms with van der Waals surface area (Å²) < 4.78 is 26.3. The Balaban J connectivity index is 2.47. The molecule has 0 fully saturated rings. The van der Waals surface area contributed by atoms with Crippen LogP contribution in [0.15, 0.2) is 42.5 Å². The highest BCUT2D eigenvalue weighted by Crippen LogP contribution is 2.23. The molecule has 0 aliphatic rings. The number of sulfonamides is 1. The van der Waals surface area contributed by atoms with Gasteiger partial charge in [-0.1, -0.05) is 42.8 Å². The Morgan fingerprint density at radius 3 is 2.27 bits per heavy atom. The van der Waals surface area contributed by atoms with Gasteiger partial charge in [0.15, 0.2) is 0 Å². The summed E-state index contributed by atoms with van der Waals surface area (Å²) in [5, 5.41) is 3.23. The topological polar surface area (TPSA) is 86.8 Å². The zero-order valence-corrected chi connectivity index (χ0v) is 21.3. The van der Waals surface area contributed by atoms with Gasteiger partial charge in [-0.15, -0.1) is 0 Å². The molecule has 9 heteroatoms. The first-order valence-electron chi connectivity index (χ1n) is 10.8. The summed E-state index contributed by atoms with van der Waals surface area (Å²) in [6.45, 7) is 7.49. The predicted octanol–water partition coefficient (Wildman–Crippen LogP) is 3.67. The molecule has 0 unspecified atom stereocenters. The Hall–Kier alpha value is -2.58. The lowest BCUT2D eigenvalue weighted by molar-refractivity contribution is -0.140. The van der Waals surface area contributed by atoms with Crippen molar-refractivity contribution in [2.75, 3.05) is 23.7 Å². The van der Waals surface area contributed by atoms with E-state index in [2.05, 4.69) is 5.32 Å². The Morgan fingerprint density at radius 2 is 1.73 bits per heavy atom. The molecule has 7 nitrogen and oxygen atoms in total. The van der Waals surface area contributed by atoms with Gasteiger partial charge in [0.25, 0.3) is 0 Å². The molecule has 2 amide bonds. The van der Waals surface area contributed by atoms with Gasteiger partial charge < -0.3 is 10.2 Å². The van der Waals surface area contributed by atoms with E-state index >= 15 is 0 Å². The predicted molar refractivity (Wildman–Crippen MR) is 133 cm³/mol. The Bertz CT molecular complexity index is 1100. The summed E-state index contributed by atoms with van der Waals surface area (Å²) in [6.07, 6.45) is 1.43. The molecule has 2 aromatic carbocycles. The van der Waals surface area contributed by atoms with Crippen LogP contribution in [0.4, 0.5) is 5.69 Å². The molecule has 0 aliphatic heterocycles. The van der Waals surface area contributed by atoms with E-state index < -0.39 is 28.5 Å². The fraction of sp³-hybridized carbons (Fsp3) is 0.417. The number of likely N-dealkylation sites (N-methyl/N-ethyl adjacent to an activating group) is 1. The van der Waals surface area contributed by atoms with Crippen LogP contribution < -0.4 is 9.62 Å². The van der Waals surface area contributed by atoms with Crippen LogP contribution in [0.5, 0.6) is 0 Å². The second kappa shape index (κ2) is 11.5. The van der Waals surface area contributed by atoms with E-state index in [1.807, 2.05) is 26.8 Å². The zero-order valence-electron chi connectivity index (χ0n) is 19.8. The van der Waals surface area contributed by atoms with Gasteiger partial charge in [0, 0.05) is 18.1 Å². The minimum atomic E-state index is -3.76. The smallest absolute Gasteiger partial charge is 0.244 e. The van der Waals surface area contributed by atoms with E-state index in [0.717, 1.165) is 21.7 Å². The highest BCUT2D eigenvalue weighted by molar-refractivity contribution is 7.92. The van der Waals surface area contributed by atoms with Gasteiger partial charge in [0.1, 0.15) is 12.6 Å². The summed E-state index contributed by atoms with van der Waals surface area (Å²) in [5.74, 6) is -0.783. The normalized spacial score (nSPS) is 12.2. The van der Waals surface area contributed by atoms with Gasteiger partial charge in [0.05, 0.1) is 11.9 Å². The maximum atomic E-state index is 13.5. The molecule has 1 atom stereocenters. The number of nitrogens with zero attached hydrogens (tertiary/aromatic N) is 2. The molecular formula is C24H32ClN3O4S. The monoisotopic (exact) mass is 493 g/mol. The second-order valence-corrected chi connectivity index (χ2v) is 10.3. The molecule has 33 heavy (non-hydrogen) atoms. The molecule has 0 bridgehead atoms. The minimum absolute atomic E-state index is 0.0820. The number of rotatable bonds is 10. The quantitative estimate of drug-likeness (QED) is 0.547. The second-order valence-electron chi connectivity index (χ2n) is 7.97. The molecule has 2 rings (SSSR count). The van der Waals surface area contributed by atoms with Crippen LogP contribution in [-0.4, -0.2) is 50.5 Å². The van der Waals surface area contributed by atoms with E-state index in [4.69, 9.17) is 11.6 Å². The van der Waals surface area contributed by atoms with Crippen molar-refractivity contribution in [3.8, 4) is 0 Å². The average molecular weight is 494 g/mol. The van der Waals surface area contributed by atoms with Crippen LogP contribution >= 0.6 is 11.6 Å². The molecule has 180 valence electrons.